The highest BCUT2D eigenvalue weighted by Gasteiger charge is 2.14. The second kappa shape index (κ2) is 2.55. The molecule has 0 saturated heterocycles. The fourth-order valence-corrected chi connectivity index (χ4v) is 0.208. The summed E-state index contributed by atoms with van der Waals surface area (Å²) in [5.41, 5.74) is 0. The SMILES string of the molecule is CC(F)(F)/C=C/C=O. The van der Waals surface area contributed by atoms with Crippen molar-refractivity contribution in [1.82, 2.24) is 0 Å². The highest BCUT2D eigenvalue weighted by molar-refractivity contribution is 5.64. The maximum absolute atomic E-state index is 11.7. The van der Waals surface area contributed by atoms with Crippen molar-refractivity contribution in [2.75, 3.05) is 0 Å². The number of alkyl halides is 2. The standard InChI is InChI=1S/C5H6F2O/c1-5(6,7)3-2-4-8/h2-4H,1H3/b3-2+. The quantitative estimate of drug-likeness (QED) is 0.397. The van der Waals surface area contributed by atoms with Gasteiger partial charge in [-0.25, -0.2) is 8.78 Å². The third kappa shape index (κ3) is 5.27. The van der Waals surface area contributed by atoms with E-state index in [1.165, 1.54) is 0 Å². The van der Waals surface area contributed by atoms with Crippen LogP contribution in [0.3, 0.4) is 0 Å². The van der Waals surface area contributed by atoms with Gasteiger partial charge in [-0.1, -0.05) is 0 Å². The number of aldehydes is 1. The largest absolute Gasteiger partial charge is 0.299 e. The molecule has 0 unspecified atom stereocenters. The summed E-state index contributed by atoms with van der Waals surface area (Å²) in [5, 5.41) is 0. The highest BCUT2D eigenvalue weighted by Crippen LogP contribution is 2.11. The second-order valence-corrected chi connectivity index (χ2v) is 1.45. The number of hydrogen-bond donors (Lipinski definition) is 0. The van der Waals surface area contributed by atoms with Crippen LogP contribution in [0.1, 0.15) is 6.92 Å². The Morgan fingerprint density at radius 2 is 2.00 bits per heavy atom. The maximum atomic E-state index is 11.7. The van der Waals surface area contributed by atoms with E-state index < -0.39 is 5.92 Å². The summed E-state index contributed by atoms with van der Waals surface area (Å²) in [5.74, 6) is -2.86. The van der Waals surface area contributed by atoms with Gasteiger partial charge in [0.05, 0.1) is 0 Å². The van der Waals surface area contributed by atoms with E-state index >= 15 is 0 Å². The van der Waals surface area contributed by atoms with Crippen molar-refractivity contribution in [3.05, 3.63) is 12.2 Å². The van der Waals surface area contributed by atoms with Gasteiger partial charge < -0.3 is 0 Å². The van der Waals surface area contributed by atoms with Crippen molar-refractivity contribution >= 4 is 6.29 Å². The molecule has 0 bridgehead atoms. The van der Waals surface area contributed by atoms with E-state index in [9.17, 15) is 13.6 Å². The summed E-state index contributed by atoms with van der Waals surface area (Å²) >= 11 is 0. The highest BCUT2D eigenvalue weighted by atomic mass is 19.3. The van der Waals surface area contributed by atoms with Crippen molar-refractivity contribution in [2.24, 2.45) is 0 Å². The minimum atomic E-state index is -2.86. The van der Waals surface area contributed by atoms with E-state index in [1.807, 2.05) is 0 Å². The van der Waals surface area contributed by atoms with Gasteiger partial charge in [-0.05, 0) is 12.2 Å². The molecule has 0 fully saturated rings. The predicted molar refractivity (Wildman–Crippen MR) is 25.8 cm³/mol. The molecule has 0 N–H and O–H groups in total. The summed E-state index contributed by atoms with van der Waals surface area (Å²) in [7, 11) is 0. The molecule has 3 heteroatoms. The van der Waals surface area contributed by atoms with Gasteiger partial charge in [0.1, 0.15) is 6.29 Å². The Labute approximate surface area is 46.0 Å². The lowest BCUT2D eigenvalue weighted by Crippen LogP contribution is -2.02. The Balaban J connectivity index is 3.69. The first kappa shape index (κ1) is 7.27. The molecule has 0 aromatic carbocycles. The van der Waals surface area contributed by atoms with Crippen LogP contribution in [0.25, 0.3) is 0 Å². The number of allylic oxidation sites excluding steroid dienone is 2. The molecule has 0 aromatic heterocycles. The molecule has 0 amide bonds. The molecule has 0 aliphatic carbocycles. The molecule has 0 aliphatic heterocycles. The van der Waals surface area contributed by atoms with Crippen molar-refractivity contribution < 1.29 is 13.6 Å². The summed E-state index contributed by atoms with van der Waals surface area (Å²) in [4.78, 5) is 9.43. The van der Waals surface area contributed by atoms with Crippen LogP contribution >= 0.6 is 0 Å². The molecular weight excluding hydrogens is 114 g/mol. The second-order valence-electron chi connectivity index (χ2n) is 1.45. The van der Waals surface area contributed by atoms with Crippen LogP contribution in [0.2, 0.25) is 0 Å². The third-order valence-corrected chi connectivity index (χ3v) is 0.467. The van der Waals surface area contributed by atoms with Crippen LogP contribution in [0.5, 0.6) is 0 Å². The molecule has 0 atom stereocenters. The first-order valence-electron chi connectivity index (χ1n) is 2.07. The molecule has 0 rings (SSSR count). The third-order valence-electron chi connectivity index (χ3n) is 0.467. The number of carbonyl (C=O) groups is 1. The van der Waals surface area contributed by atoms with E-state index in [0.29, 0.717) is 19.3 Å². The fraction of sp³-hybridized carbons (Fsp3) is 0.400. The van der Waals surface area contributed by atoms with Gasteiger partial charge in [0.25, 0.3) is 5.92 Å². The minimum Gasteiger partial charge on any atom is -0.299 e. The Kier molecular flexibility index (Phi) is 2.31. The lowest BCUT2D eigenvalue weighted by Gasteiger charge is -1.98. The van der Waals surface area contributed by atoms with Crippen molar-refractivity contribution in [3.8, 4) is 0 Å². The number of rotatable bonds is 2. The summed E-state index contributed by atoms with van der Waals surface area (Å²) < 4.78 is 23.3. The lowest BCUT2D eigenvalue weighted by molar-refractivity contribution is -0.104. The average molecular weight is 120 g/mol. The fourth-order valence-electron chi connectivity index (χ4n) is 0.208. The molecule has 0 spiro atoms. The summed E-state index contributed by atoms with van der Waals surface area (Å²) in [6, 6.07) is 0. The zero-order chi connectivity index (χ0) is 6.62. The number of hydrogen-bond acceptors (Lipinski definition) is 1. The first-order chi connectivity index (χ1) is 3.56. The van der Waals surface area contributed by atoms with Gasteiger partial charge in [0.15, 0.2) is 0 Å². The summed E-state index contributed by atoms with van der Waals surface area (Å²) in [6.45, 7) is 0.715. The number of carbonyl (C=O) groups excluding carboxylic acids is 1. The van der Waals surface area contributed by atoms with Crippen molar-refractivity contribution in [3.63, 3.8) is 0 Å². The normalized spacial score (nSPS) is 12.4. The Morgan fingerprint density at radius 3 is 2.12 bits per heavy atom. The Morgan fingerprint density at radius 1 is 1.50 bits per heavy atom. The average Bonchev–Trinajstić information content (AvgIpc) is 1.59. The van der Waals surface area contributed by atoms with Crippen LogP contribution in [-0.2, 0) is 4.79 Å². The zero-order valence-corrected chi connectivity index (χ0v) is 4.40. The zero-order valence-electron chi connectivity index (χ0n) is 4.40. The molecule has 1 nitrogen and oxygen atoms in total. The van der Waals surface area contributed by atoms with Crippen molar-refractivity contribution in [2.45, 2.75) is 12.8 Å². The topological polar surface area (TPSA) is 17.1 Å². The molecule has 0 aliphatic rings. The van der Waals surface area contributed by atoms with Gasteiger partial charge in [-0.3, -0.25) is 4.79 Å². The number of halogens is 2. The van der Waals surface area contributed by atoms with E-state index in [0.717, 1.165) is 6.08 Å². The molecular formula is C5H6F2O. The Hall–Kier alpha value is -0.730. The molecule has 46 valence electrons. The monoisotopic (exact) mass is 120 g/mol. The first-order valence-corrected chi connectivity index (χ1v) is 2.07. The molecule has 0 heterocycles. The lowest BCUT2D eigenvalue weighted by atomic mass is 10.3. The van der Waals surface area contributed by atoms with Gasteiger partial charge >= 0.3 is 0 Å². The van der Waals surface area contributed by atoms with Crippen LogP contribution < -0.4 is 0 Å². The van der Waals surface area contributed by atoms with Gasteiger partial charge in [0, 0.05) is 6.92 Å². The van der Waals surface area contributed by atoms with Crippen LogP contribution in [0.15, 0.2) is 12.2 Å². The molecule has 0 radical (unpaired) electrons. The molecule has 0 saturated carbocycles. The van der Waals surface area contributed by atoms with E-state index in [2.05, 4.69) is 0 Å². The van der Waals surface area contributed by atoms with Crippen molar-refractivity contribution in [1.29, 1.82) is 0 Å². The minimum absolute atomic E-state index is 0.317. The molecule has 0 aromatic rings. The van der Waals surface area contributed by atoms with Gasteiger partial charge in [-0.2, -0.15) is 0 Å². The predicted octanol–water partition coefficient (Wildman–Crippen LogP) is 1.40. The van der Waals surface area contributed by atoms with Crippen LogP contribution in [0.4, 0.5) is 8.78 Å². The maximum Gasteiger partial charge on any atom is 0.264 e. The molecule has 8 heavy (non-hydrogen) atoms. The van der Waals surface area contributed by atoms with Crippen LogP contribution in [-0.4, -0.2) is 12.2 Å². The van der Waals surface area contributed by atoms with Crippen LogP contribution in [0, 0.1) is 0 Å². The van der Waals surface area contributed by atoms with Gasteiger partial charge in [0.2, 0.25) is 0 Å². The summed E-state index contributed by atoms with van der Waals surface area (Å²) in [6.07, 6.45) is 1.64. The van der Waals surface area contributed by atoms with Gasteiger partial charge in [-0.15, -0.1) is 0 Å². The Bertz CT molecular complexity index is 101. The smallest absolute Gasteiger partial charge is 0.264 e. The van der Waals surface area contributed by atoms with E-state index in [-0.39, 0.29) is 0 Å². The van der Waals surface area contributed by atoms with E-state index in [4.69, 9.17) is 0 Å². The van der Waals surface area contributed by atoms with E-state index in [1.54, 1.807) is 0 Å².